The molecule has 0 saturated carbocycles. The van der Waals surface area contributed by atoms with Crippen molar-refractivity contribution in [2.75, 3.05) is 5.73 Å². The van der Waals surface area contributed by atoms with Gasteiger partial charge < -0.3 is 15.9 Å². The van der Waals surface area contributed by atoms with Crippen LogP contribution in [0.4, 0.5) is 5.69 Å². The number of rotatable bonds is 1. The number of anilines is 1. The zero-order valence-corrected chi connectivity index (χ0v) is 11.5. The van der Waals surface area contributed by atoms with Gasteiger partial charge in [-0.3, -0.25) is 0 Å². The quantitative estimate of drug-likeness (QED) is 0.465. The maximum atomic E-state index is 9.10. The molecule has 3 rings (SSSR count). The smallest absolute Gasteiger partial charge is 0.115 e. The van der Waals surface area contributed by atoms with Crippen molar-refractivity contribution in [3.63, 3.8) is 0 Å². The van der Waals surface area contributed by atoms with Gasteiger partial charge in [-0.05, 0) is 47.5 Å². The SMILES string of the molecule is Nc1ccc(O)cc1.Oc1ccc(-c2ccccc2)cc1. The van der Waals surface area contributed by atoms with Crippen molar-refractivity contribution >= 4 is 5.69 Å². The Morgan fingerprint density at radius 1 is 0.524 bits per heavy atom. The van der Waals surface area contributed by atoms with E-state index in [9.17, 15) is 0 Å². The molecule has 21 heavy (non-hydrogen) atoms. The van der Waals surface area contributed by atoms with Gasteiger partial charge in [0.15, 0.2) is 0 Å². The van der Waals surface area contributed by atoms with E-state index in [0.717, 1.165) is 5.56 Å². The minimum absolute atomic E-state index is 0.249. The Morgan fingerprint density at radius 2 is 0.952 bits per heavy atom. The van der Waals surface area contributed by atoms with Gasteiger partial charge >= 0.3 is 0 Å². The first kappa shape index (κ1) is 14.5. The van der Waals surface area contributed by atoms with E-state index in [0.29, 0.717) is 11.4 Å². The molecule has 0 heterocycles. The zero-order chi connectivity index (χ0) is 15.1. The molecule has 0 bridgehead atoms. The van der Waals surface area contributed by atoms with E-state index in [-0.39, 0.29) is 5.75 Å². The molecule has 0 fully saturated rings. The maximum absolute atomic E-state index is 9.10. The fourth-order valence-corrected chi connectivity index (χ4v) is 1.76. The van der Waals surface area contributed by atoms with Crippen LogP contribution in [0.1, 0.15) is 0 Å². The van der Waals surface area contributed by atoms with Crippen LogP contribution in [0, 0.1) is 0 Å². The van der Waals surface area contributed by atoms with Crippen molar-refractivity contribution in [3.8, 4) is 22.6 Å². The van der Waals surface area contributed by atoms with Crippen LogP contribution in [0.3, 0.4) is 0 Å². The van der Waals surface area contributed by atoms with Crippen LogP contribution in [0.25, 0.3) is 11.1 Å². The topological polar surface area (TPSA) is 66.5 Å². The molecule has 0 unspecified atom stereocenters. The van der Waals surface area contributed by atoms with E-state index >= 15 is 0 Å². The summed E-state index contributed by atoms with van der Waals surface area (Å²) in [6, 6.07) is 23.7. The molecule has 3 nitrogen and oxygen atoms in total. The molecule has 3 aromatic rings. The standard InChI is InChI=1S/C12H10O.C6H7NO/c13-12-8-6-11(7-9-12)10-4-2-1-3-5-10;7-5-1-3-6(8)4-2-5/h1-9,13H;1-4,8H,7H2. The van der Waals surface area contributed by atoms with Crippen LogP contribution >= 0.6 is 0 Å². The fourth-order valence-electron chi connectivity index (χ4n) is 1.76. The zero-order valence-electron chi connectivity index (χ0n) is 11.5. The Labute approximate surface area is 123 Å². The minimum atomic E-state index is 0.249. The Hall–Kier alpha value is -2.94. The lowest BCUT2D eigenvalue weighted by Gasteiger charge is -2.00. The highest BCUT2D eigenvalue weighted by Gasteiger charge is 1.94. The van der Waals surface area contributed by atoms with Crippen LogP contribution in [-0.2, 0) is 0 Å². The first-order valence-corrected chi connectivity index (χ1v) is 6.54. The summed E-state index contributed by atoms with van der Waals surface area (Å²) in [5.41, 5.74) is 8.28. The summed E-state index contributed by atoms with van der Waals surface area (Å²) >= 11 is 0. The molecule has 0 aromatic heterocycles. The van der Waals surface area contributed by atoms with Gasteiger partial charge in [0.2, 0.25) is 0 Å². The molecule has 0 saturated heterocycles. The lowest BCUT2D eigenvalue weighted by molar-refractivity contribution is 0.475. The lowest BCUT2D eigenvalue weighted by Crippen LogP contribution is -1.80. The third-order valence-corrected chi connectivity index (χ3v) is 2.87. The second-order valence-electron chi connectivity index (χ2n) is 4.50. The summed E-state index contributed by atoms with van der Waals surface area (Å²) in [5.74, 6) is 0.555. The largest absolute Gasteiger partial charge is 0.508 e. The van der Waals surface area contributed by atoms with E-state index in [2.05, 4.69) is 0 Å². The highest BCUT2D eigenvalue weighted by molar-refractivity contribution is 5.63. The molecule has 0 atom stereocenters. The number of hydrogen-bond donors (Lipinski definition) is 3. The number of phenolic OH excluding ortho intramolecular Hbond substituents is 2. The highest BCUT2D eigenvalue weighted by atomic mass is 16.3. The van der Waals surface area contributed by atoms with Gasteiger partial charge in [-0.2, -0.15) is 0 Å². The Balaban J connectivity index is 0.000000173. The first-order valence-electron chi connectivity index (χ1n) is 6.54. The lowest BCUT2D eigenvalue weighted by atomic mass is 10.1. The maximum Gasteiger partial charge on any atom is 0.115 e. The summed E-state index contributed by atoms with van der Waals surface area (Å²) < 4.78 is 0. The van der Waals surface area contributed by atoms with Crippen LogP contribution in [0.2, 0.25) is 0 Å². The molecule has 106 valence electrons. The molecule has 0 radical (unpaired) electrons. The van der Waals surface area contributed by atoms with E-state index in [1.807, 2.05) is 42.5 Å². The van der Waals surface area contributed by atoms with Crippen molar-refractivity contribution in [1.82, 2.24) is 0 Å². The van der Waals surface area contributed by atoms with E-state index in [4.69, 9.17) is 15.9 Å². The van der Waals surface area contributed by atoms with Crippen molar-refractivity contribution in [3.05, 3.63) is 78.9 Å². The summed E-state index contributed by atoms with van der Waals surface area (Å²) in [5, 5.41) is 17.8. The Kier molecular flexibility index (Phi) is 4.83. The molecule has 0 spiro atoms. The number of nitrogens with two attached hydrogens (primary N) is 1. The van der Waals surface area contributed by atoms with Gasteiger partial charge in [-0.1, -0.05) is 42.5 Å². The average Bonchev–Trinajstić information content (AvgIpc) is 2.52. The van der Waals surface area contributed by atoms with Gasteiger partial charge in [0.05, 0.1) is 0 Å². The van der Waals surface area contributed by atoms with Crippen molar-refractivity contribution in [2.24, 2.45) is 0 Å². The predicted molar refractivity (Wildman–Crippen MR) is 86.1 cm³/mol. The Bertz CT molecular complexity index is 641. The number of phenols is 2. The van der Waals surface area contributed by atoms with Gasteiger partial charge in [0, 0.05) is 5.69 Å². The fraction of sp³-hybridized carbons (Fsp3) is 0. The Morgan fingerprint density at radius 3 is 1.43 bits per heavy atom. The van der Waals surface area contributed by atoms with Gasteiger partial charge in [0.1, 0.15) is 11.5 Å². The molecule has 3 aromatic carbocycles. The van der Waals surface area contributed by atoms with Crippen molar-refractivity contribution < 1.29 is 10.2 Å². The number of benzene rings is 3. The van der Waals surface area contributed by atoms with Gasteiger partial charge in [0.25, 0.3) is 0 Å². The third kappa shape index (κ3) is 4.58. The van der Waals surface area contributed by atoms with E-state index < -0.39 is 0 Å². The van der Waals surface area contributed by atoms with Crippen LogP contribution < -0.4 is 5.73 Å². The average molecular weight is 279 g/mol. The van der Waals surface area contributed by atoms with Crippen LogP contribution in [0.5, 0.6) is 11.5 Å². The molecule has 3 heteroatoms. The third-order valence-electron chi connectivity index (χ3n) is 2.87. The van der Waals surface area contributed by atoms with Crippen molar-refractivity contribution in [1.29, 1.82) is 0 Å². The monoisotopic (exact) mass is 279 g/mol. The van der Waals surface area contributed by atoms with E-state index in [1.165, 1.54) is 5.56 Å². The summed E-state index contributed by atoms with van der Waals surface area (Å²) in [7, 11) is 0. The molecule has 0 aliphatic heterocycles. The number of hydrogen-bond acceptors (Lipinski definition) is 3. The minimum Gasteiger partial charge on any atom is -0.508 e. The highest BCUT2D eigenvalue weighted by Crippen LogP contribution is 2.20. The second-order valence-corrected chi connectivity index (χ2v) is 4.50. The molecular weight excluding hydrogens is 262 g/mol. The van der Waals surface area contributed by atoms with Gasteiger partial charge in [-0.25, -0.2) is 0 Å². The summed E-state index contributed by atoms with van der Waals surface area (Å²) in [6.45, 7) is 0. The molecule has 0 aliphatic carbocycles. The number of aromatic hydroxyl groups is 2. The van der Waals surface area contributed by atoms with Crippen LogP contribution in [0.15, 0.2) is 78.9 Å². The molecule has 4 N–H and O–H groups in total. The predicted octanol–water partition coefficient (Wildman–Crippen LogP) is 4.03. The molecule has 0 amide bonds. The molecule has 0 aliphatic rings. The van der Waals surface area contributed by atoms with Crippen molar-refractivity contribution in [2.45, 2.75) is 0 Å². The second kappa shape index (κ2) is 7.01. The summed E-state index contributed by atoms with van der Waals surface area (Å²) in [6.07, 6.45) is 0. The van der Waals surface area contributed by atoms with E-state index in [1.54, 1.807) is 36.4 Å². The number of nitrogen functional groups attached to an aromatic ring is 1. The van der Waals surface area contributed by atoms with Gasteiger partial charge in [-0.15, -0.1) is 0 Å². The molecular formula is C18H17NO2. The first-order chi connectivity index (χ1) is 10.1. The van der Waals surface area contributed by atoms with Crippen LogP contribution in [-0.4, -0.2) is 10.2 Å². The normalized spacial score (nSPS) is 9.52. The summed E-state index contributed by atoms with van der Waals surface area (Å²) in [4.78, 5) is 0.